The van der Waals surface area contributed by atoms with Crippen molar-refractivity contribution in [2.75, 3.05) is 31.1 Å². The van der Waals surface area contributed by atoms with Crippen molar-refractivity contribution in [3.63, 3.8) is 0 Å². The summed E-state index contributed by atoms with van der Waals surface area (Å²) < 4.78 is 15.6. The van der Waals surface area contributed by atoms with E-state index in [1.54, 1.807) is 12.1 Å². The van der Waals surface area contributed by atoms with Crippen LogP contribution >= 0.6 is 0 Å². The average molecular weight is 351 g/mol. The van der Waals surface area contributed by atoms with Crippen molar-refractivity contribution in [2.24, 2.45) is 0 Å². The molecule has 1 atom stereocenters. The normalized spacial score (nSPS) is 16.9. The van der Waals surface area contributed by atoms with Gasteiger partial charge >= 0.3 is 0 Å². The van der Waals surface area contributed by atoms with Crippen molar-refractivity contribution >= 4 is 16.6 Å². The number of anilines is 1. The van der Waals surface area contributed by atoms with Crippen LogP contribution in [0.25, 0.3) is 10.9 Å². The van der Waals surface area contributed by atoms with E-state index in [4.69, 9.17) is 0 Å². The molecule has 0 spiro atoms. The van der Waals surface area contributed by atoms with E-state index in [-0.39, 0.29) is 5.82 Å². The van der Waals surface area contributed by atoms with Crippen LogP contribution in [-0.2, 0) is 0 Å². The first-order chi connectivity index (χ1) is 12.8. The monoisotopic (exact) mass is 351 g/mol. The van der Waals surface area contributed by atoms with Gasteiger partial charge in [-0.25, -0.2) is 4.39 Å². The molecule has 3 aromatic rings. The van der Waals surface area contributed by atoms with Crippen molar-refractivity contribution < 1.29 is 4.39 Å². The van der Waals surface area contributed by atoms with E-state index in [1.165, 1.54) is 10.9 Å². The molecule has 1 fully saturated rings. The Morgan fingerprint density at radius 2 is 1.65 bits per heavy atom. The van der Waals surface area contributed by atoms with Crippen molar-refractivity contribution in [1.29, 1.82) is 0 Å². The van der Waals surface area contributed by atoms with E-state index < -0.39 is 0 Å². The quantitative estimate of drug-likeness (QED) is 0.648. The van der Waals surface area contributed by atoms with Crippen LogP contribution in [0.15, 0.2) is 60.8 Å². The van der Waals surface area contributed by atoms with Gasteiger partial charge in [-0.2, -0.15) is 0 Å². The molecule has 1 saturated heterocycles. The van der Waals surface area contributed by atoms with Gasteiger partial charge in [0.15, 0.2) is 0 Å². The minimum Gasteiger partial charge on any atom is -0.369 e. The highest BCUT2D eigenvalue weighted by atomic mass is 19.1. The Morgan fingerprint density at radius 3 is 2.38 bits per heavy atom. The summed E-state index contributed by atoms with van der Waals surface area (Å²) in [6.45, 7) is 6.26. The zero-order chi connectivity index (χ0) is 17.9. The second-order valence-electron chi connectivity index (χ2n) is 7.05. The van der Waals surface area contributed by atoms with E-state index in [2.05, 4.69) is 57.8 Å². The molecule has 4 heteroatoms. The van der Waals surface area contributed by atoms with Gasteiger partial charge in [-0.3, -0.25) is 4.90 Å². The molecule has 2 heterocycles. The van der Waals surface area contributed by atoms with Crippen molar-refractivity contribution in [3.05, 3.63) is 66.6 Å². The topological polar surface area (TPSA) is 11.4 Å². The summed E-state index contributed by atoms with van der Waals surface area (Å²) in [4.78, 5) is 4.95. The summed E-state index contributed by atoms with van der Waals surface area (Å²) in [5, 5.41) is 1.30. The van der Waals surface area contributed by atoms with Crippen molar-refractivity contribution in [3.8, 4) is 0 Å². The number of hydrogen-bond donors (Lipinski definition) is 0. The van der Waals surface area contributed by atoms with Gasteiger partial charge in [-0.05, 0) is 48.2 Å². The number of para-hydroxylation sites is 1. The van der Waals surface area contributed by atoms with E-state index in [1.807, 2.05) is 12.1 Å². The maximum absolute atomic E-state index is 13.2. The molecule has 4 rings (SSSR count). The molecule has 136 valence electrons. The first-order valence-electron chi connectivity index (χ1n) is 9.56. The summed E-state index contributed by atoms with van der Waals surface area (Å²) in [6.07, 6.45) is 4.94. The summed E-state index contributed by atoms with van der Waals surface area (Å²) in [6, 6.07) is 17.7. The van der Waals surface area contributed by atoms with E-state index in [0.717, 1.165) is 44.7 Å². The fraction of sp³-hybridized carbons (Fsp3) is 0.364. The third-order valence-corrected chi connectivity index (χ3v) is 5.43. The number of fused-ring (bicyclic) bond motifs is 1. The average Bonchev–Trinajstić information content (AvgIpc) is 3.11. The van der Waals surface area contributed by atoms with Gasteiger partial charge in [-0.15, -0.1) is 0 Å². The molecule has 1 aliphatic heterocycles. The predicted molar refractivity (Wildman–Crippen MR) is 106 cm³/mol. The van der Waals surface area contributed by atoms with Crippen molar-refractivity contribution in [1.82, 2.24) is 9.47 Å². The highest BCUT2D eigenvalue weighted by Gasteiger charge is 2.25. The first-order valence-corrected chi connectivity index (χ1v) is 9.56. The Labute approximate surface area is 154 Å². The minimum atomic E-state index is -0.171. The SMILES string of the molecule is CCCC(N1CCN(c2ccc(F)cc2)CC1)n1ccc2ccccc21. The molecular weight excluding hydrogens is 325 g/mol. The van der Waals surface area contributed by atoms with Gasteiger partial charge < -0.3 is 9.47 Å². The molecular formula is C22H26FN3. The van der Waals surface area contributed by atoms with Gasteiger partial charge in [0.2, 0.25) is 0 Å². The van der Waals surface area contributed by atoms with E-state index in [0.29, 0.717) is 6.17 Å². The van der Waals surface area contributed by atoms with Crippen LogP contribution in [0.3, 0.4) is 0 Å². The lowest BCUT2D eigenvalue weighted by Gasteiger charge is -2.41. The lowest BCUT2D eigenvalue weighted by molar-refractivity contribution is 0.125. The smallest absolute Gasteiger partial charge is 0.123 e. The molecule has 3 nitrogen and oxygen atoms in total. The van der Waals surface area contributed by atoms with E-state index in [9.17, 15) is 4.39 Å². The number of piperazine rings is 1. The van der Waals surface area contributed by atoms with Crippen LogP contribution in [0.1, 0.15) is 25.9 Å². The van der Waals surface area contributed by atoms with E-state index >= 15 is 0 Å². The number of rotatable bonds is 5. The molecule has 0 aliphatic carbocycles. The Morgan fingerprint density at radius 1 is 0.923 bits per heavy atom. The number of halogens is 1. The minimum absolute atomic E-state index is 0.171. The number of nitrogens with zero attached hydrogens (tertiary/aromatic N) is 3. The Bertz CT molecular complexity index is 847. The predicted octanol–water partition coefficient (Wildman–Crippen LogP) is 4.90. The summed E-state index contributed by atoms with van der Waals surface area (Å²) >= 11 is 0. The van der Waals surface area contributed by atoms with Gasteiger partial charge in [-0.1, -0.05) is 31.5 Å². The largest absolute Gasteiger partial charge is 0.369 e. The molecule has 0 bridgehead atoms. The molecule has 2 aromatic carbocycles. The van der Waals surface area contributed by atoms with Crippen LogP contribution in [-0.4, -0.2) is 35.6 Å². The molecule has 0 amide bonds. The van der Waals surface area contributed by atoms with Gasteiger partial charge in [0, 0.05) is 43.6 Å². The lowest BCUT2D eigenvalue weighted by atomic mass is 10.2. The van der Waals surface area contributed by atoms with Crippen LogP contribution < -0.4 is 4.90 Å². The summed E-state index contributed by atoms with van der Waals surface area (Å²) in [5.74, 6) is -0.171. The van der Waals surface area contributed by atoms with Crippen LogP contribution in [0.2, 0.25) is 0 Å². The molecule has 1 aliphatic rings. The maximum Gasteiger partial charge on any atom is 0.123 e. The fourth-order valence-electron chi connectivity index (χ4n) is 4.05. The van der Waals surface area contributed by atoms with Crippen molar-refractivity contribution in [2.45, 2.75) is 25.9 Å². The molecule has 0 N–H and O–H groups in total. The third-order valence-electron chi connectivity index (χ3n) is 5.43. The standard InChI is InChI=1S/C22H26FN3/c1-2-5-22(26-13-12-18-6-3-4-7-21(18)26)25-16-14-24(15-17-25)20-10-8-19(23)9-11-20/h3-4,6-13,22H,2,5,14-17H2,1H3. The maximum atomic E-state index is 13.2. The Balaban J connectivity index is 1.51. The van der Waals surface area contributed by atoms with Gasteiger partial charge in [0.1, 0.15) is 5.82 Å². The van der Waals surface area contributed by atoms with Crippen LogP contribution in [0, 0.1) is 5.82 Å². The number of benzene rings is 2. The molecule has 0 saturated carbocycles. The highest BCUT2D eigenvalue weighted by Crippen LogP contribution is 2.28. The molecule has 1 aromatic heterocycles. The van der Waals surface area contributed by atoms with Crippen LogP contribution in [0.4, 0.5) is 10.1 Å². The number of aromatic nitrogens is 1. The number of hydrogen-bond acceptors (Lipinski definition) is 2. The zero-order valence-corrected chi connectivity index (χ0v) is 15.3. The van der Waals surface area contributed by atoms with Crippen LogP contribution in [0.5, 0.6) is 0 Å². The van der Waals surface area contributed by atoms with Gasteiger partial charge in [0.25, 0.3) is 0 Å². The zero-order valence-electron chi connectivity index (χ0n) is 15.3. The third kappa shape index (κ3) is 3.34. The Kier molecular flexibility index (Phi) is 4.93. The fourth-order valence-corrected chi connectivity index (χ4v) is 4.05. The second kappa shape index (κ2) is 7.50. The summed E-state index contributed by atoms with van der Waals surface area (Å²) in [5.41, 5.74) is 2.43. The molecule has 0 radical (unpaired) electrons. The summed E-state index contributed by atoms with van der Waals surface area (Å²) in [7, 11) is 0. The highest BCUT2D eigenvalue weighted by molar-refractivity contribution is 5.80. The first kappa shape index (κ1) is 17.1. The lowest BCUT2D eigenvalue weighted by Crippen LogP contribution is -2.48. The molecule has 1 unspecified atom stereocenters. The van der Waals surface area contributed by atoms with Gasteiger partial charge in [0.05, 0.1) is 6.17 Å². The second-order valence-corrected chi connectivity index (χ2v) is 7.05. The Hall–Kier alpha value is -2.33. The molecule has 26 heavy (non-hydrogen) atoms.